The molecule has 0 amide bonds. The average molecular weight is 225 g/mol. The molecule has 0 bridgehead atoms. The summed E-state index contributed by atoms with van der Waals surface area (Å²) in [5.74, 6) is -0.701. The van der Waals surface area contributed by atoms with Gasteiger partial charge in [0.2, 0.25) is 0 Å². The Kier molecular flexibility index (Phi) is 6.25. The molecule has 0 aliphatic rings. The van der Waals surface area contributed by atoms with Crippen molar-refractivity contribution in [2.45, 2.75) is 32.2 Å². The largest absolute Gasteiger partial charge is 0.481 e. The second kappa shape index (κ2) is 7.87. The summed E-state index contributed by atoms with van der Waals surface area (Å²) in [6, 6.07) is 0. The molecule has 1 aromatic rings. The molecule has 0 spiro atoms. The summed E-state index contributed by atoms with van der Waals surface area (Å²) in [6.07, 6.45) is 8.59. The van der Waals surface area contributed by atoms with Gasteiger partial charge in [-0.3, -0.25) is 4.79 Å². The Morgan fingerprint density at radius 2 is 2.19 bits per heavy atom. The van der Waals surface area contributed by atoms with E-state index in [4.69, 9.17) is 5.11 Å². The molecular weight excluding hydrogens is 206 g/mol. The van der Waals surface area contributed by atoms with Crippen molar-refractivity contribution in [1.82, 2.24) is 14.9 Å². The normalized spacial score (nSPS) is 10.5. The summed E-state index contributed by atoms with van der Waals surface area (Å²) in [4.78, 5) is 14.2. The quantitative estimate of drug-likeness (QED) is 0.618. The minimum absolute atomic E-state index is 0.287. The lowest BCUT2D eigenvalue weighted by atomic mass is 10.2. The summed E-state index contributed by atoms with van der Waals surface area (Å²) < 4.78 is 2.03. The first-order valence-electron chi connectivity index (χ1n) is 5.67. The Balaban J connectivity index is 1.83. The van der Waals surface area contributed by atoms with Gasteiger partial charge >= 0.3 is 5.97 Å². The number of aromatic nitrogens is 2. The van der Waals surface area contributed by atoms with E-state index in [1.165, 1.54) is 0 Å². The lowest BCUT2D eigenvalue weighted by Gasteiger charge is -2.04. The van der Waals surface area contributed by atoms with E-state index in [0.29, 0.717) is 0 Å². The van der Waals surface area contributed by atoms with Crippen LogP contribution in [0.2, 0.25) is 0 Å². The number of hydrogen-bond acceptors (Lipinski definition) is 3. The number of nitrogens with one attached hydrogen (secondary N) is 1. The smallest absolute Gasteiger partial charge is 0.303 e. The zero-order chi connectivity index (χ0) is 11.6. The lowest BCUT2D eigenvalue weighted by Crippen LogP contribution is -2.20. The third-order valence-corrected chi connectivity index (χ3v) is 2.35. The zero-order valence-electron chi connectivity index (χ0n) is 9.43. The van der Waals surface area contributed by atoms with Gasteiger partial charge in [-0.1, -0.05) is 6.42 Å². The molecule has 16 heavy (non-hydrogen) atoms. The standard InChI is InChI=1S/C11H19N3O2/c15-11(16)4-2-1-3-5-12-6-8-14-9-7-13-10-14/h7,9-10,12H,1-6,8H2,(H,15,16). The van der Waals surface area contributed by atoms with Crippen molar-refractivity contribution in [3.05, 3.63) is 18.7 Å². The summed E-state index contributed by atoms with van der Waals surface area (Å²) in [7, 11) is 0. The molecular formula is C11H19N3O2. The Hall–Kier alpha value is -1.36. The zero-order valence-corrected chi connectivity index (χ0v) is 9.43. The van der Waals surface area contributed by atoms with Gasteiger partial charge < -0.3 is 15.0 Å². The molecule has 0 aliphatic carbocycles. The Labute approximate surface area is 95.5 Å². The number of rotatable bonds is 9. The van der Waals surface area contributed by atoms with E-state index in [1.807, 2.05) is 10.8 Å². The van der Waals surface area contributed by atoms with E-state index >= 15 is 0 Å². The molecule has 0 saturated carbocycles. The Morgan fingerprint density at radius 3 is 2.88 bits per heavy atom. The Morgan fingerprint density at radius 1 is 1.31 bits per heavy atom. The van der Waals surface area contributed by atoms with Crippen molar-refractivity contribution in [1.29, 1.82) is 0 Å². The fourth-order valence-electron chi connectivity index (χ4n) is 1.46. The first kappa shape index (κ1) is 12.7. The molecule has 1 heterocycles. The summed E-state index contributed by atoms with van der Waals surface area (Å²) >= 11 is 0. The third kappa shape index (κ3) is 6.19. The van der Waals surface area contributed by atoms with Gasteiger partial charge in [-0.2, -0.15) is 0 Å². The highest BCUT2D eigenvalue weighted by Gasteiger charge is 1.96. The van der Waals surface area contributed by atoms with Crippen molar-refractivity contribution >= 4 is 5.97 Å². The maximum Gasteiger partial charge on any atom is 0.303 e. The van der Waals surface area contributed by atoms with Crippen LogP contribution in [0, 0.1) is 0 Å². The predicted molar refractivity (Wildman–Crippen MR) is 61.2 cm³/mol. The maximum absolute atomic E-state index is 10.2. The number of carbonyl (C=O) groups is 1. The summed E-state index contributed by atoms with van der Waals surface area (Å²) in [5.41, 5.74) is 0. The SMILES string of the molecule is O=C(O)CCCCCNCCn1ccnc1. The lowest BCUT2D eigenvalue weighted by molar-refractivity contribution is -0.137. The van der Waals surface area contributed by atoms with Crippen LogP contribution in [0.3, 0.4) is 0 Å². The van der Waals surface area contributed by atoms with Crippen LogP contribution in [0.1, 0.15) is 25.7 Å². The molecule has 0 aliphatic heterocycles. The van der Waals surface area contributed by atoms with Gasteiger partial charge in [-0.05, 0) is 19.4 Å². The molecule has 0 radical (unpaired) electrons. The molecule has 1 rings (SSSR count). The van der Waals surface area contributed by atoms with Crippen molar-refractivity contribution in [2.75, 3.05) is 13.1 Å². The topological polar surface area (TPSA) is 67.2 Å². The third-order valence-electron chi connectivity index (χ3n) is 2.35. The van der Waals surface area contributed by atoms with E-state index < -0.39 is 5.97 Å². The number of carboxylic acids is 1. The van der Waals surface area contributed by atoms with Gasteiger partial charge in [-0.15, -0.1) is 0 Å². The van der Waals surface area contributed by atoms with Gasteiger partial charge in [0.05, 0.1) is 6.33 Å². The van der Waals surface area contributed by atoms with E-state index in [0.717, 1.165) is 38.9 Å². The van der Waals surface area contributed by atoms with Gasteiger partial charge in [0.15, 0.2) is 0 Å². The molecule has 0 saturated heterocycles. The van der Waals surface area contributed by atoms with Crippen molar-refractivity contribution in [3.8, 4) is 0 Å². The highest BCUT2D eigenvalue weighted by Crippen LogP contribution is 1.98. The molecule has 0 unspecified atom stereocenters. The highest BCUT2D eigenvalue weighted by atomic mass is 16.4. The Bertz CT molecular complexity index is 285. The monoisotopic (exact) mass is 225 g/mol. The van der Waals surface area contributed by atoms with Gasteiger partial charge in [0.25, 0.3) is 0 Å². The second-order valence-electron chi connectivity index (χ2n) is 3.75. The van der Waals surface area contributed by atoms with Crippen LogP contribution < -0.4 is 5.32 Å². The van der Waals surface area contributed by atoms with E-state index in [-0.39, 0.29) is 6.42 Å². The molecule has 0 fully saturated rings. The van der Waals surface area contributed by atoms with E-state index in [1.54, 1.807) is 12.5 Å². The van der Waals surface area contributed by atoms with Crippen LogP contribution in [0.25, 0.3) is 0 Å². The molecule has 90 valence electrons. The van der Waals surface area contributed by atoms with Gasteiger partial charge in [-0.25, -0.2) is 4.98 Å². The predicted octanol–water partition coefficient (Wildman–Crippen LogP) is 1.12. The van der Waals surface area contributed by atoms with Gasteiger partial charge in [0.1, 0.15) is 0 Å². The number of imidazole rings is 1. The highest BCUT2D eigenvalue weighted by molar-refractivity contribution is 5.66. The van der Waals surface area contributed by atoms with Crippen LogP contribution in [-0.2, 0) is 11.3 Å². The molecule has 0 aromatic carbocycles. The summed E-state index contributed by atoms with van der Waals surface area (Å²) in [5, 5.41) is 11.8. The average Bonchev–Trinajstić information content (AvgIpc) is 2.74. The number of hydrogen-bond donors (Lipinski definition) is 2. The number of unbranched alkanes of at least 4 members (excludes halogenated alkanes) is 2. The van der Waals surface area contributed by atoms with Crippen LogP contribution >= 0.6 is 0 Å². The minimum Gasteiger partial charge on any atom is -0.481 e. The molecule has 5 nitrogen and oxygen atoms in total. The van der Waals surface area contributed by atoms with Crippen molar-refractivity contribution < 1.29 is 9.90 Å². The first-order chi connectivity index (χ1) is 7.79. The summed E-state index contributed by atoms with van der Waals surface area (Å²) in [6.45, 7) is 2.80. The molecule has 5 heteroatoms. The van der Waals surface area contributed by atoms with Crippen molar-refractivity contribution in [2.24, 2.45) is 0 Å². The van der Waals surface area contributed by atoms with Crippen LogP contribution in [-0.4, -0.2) is 33.7 Å². The molecule has 0 atom stereocenters. The maximum atomic E-state index is 10.2. The van der Waals surface area contributed by atoms with Crippen molar-refractivity contribution in [3.63, 3.8) is 0 Å². The second-order valence-corrected chi connectivity index (χ2v) is 3.75. The van der Waals surface area contributed by atoms with Crippen LogP contribution in [0.5, 0.6) is 0 Å². The fraction of sp³-hybridized carbons (Fsp3) is 0.636. The van der Waals surface area contributed by atoms with E-state index in [9.17, 15) is 4.79 Å². The first-order valence-corrected chi connectivity index (χ1v) is 5.67. The van der Waals surface area contributed by atoms with Crippen LogP contribution in [0.4, 0.5) is 0 Å². The molecule has 1 aromatic heterocycles. The minimum atomic E-state index is -0.701. The number of carboxylic acid groups (broad SMARTS) is 1. The number of aliphatic carboxylic acids is 1. The molecule has 2 N–H and O–H groups in total. The fourth-order valence-corrected chi connectivity index (χ4v) is 1.46. The van der Waals surface area contributed by atoms with Crippen LogP contribution in [0.15, 0.2) is 18.7 Å². The number of nitrogens with zero attached hydrogens (tertiary/aromatic N) is 2. The van der Waals surface area contributed by atoms with Gasteiger partial charge in [0, 0.05) is 31.9 Å². The van der Waals surface area contributed by atoms with E-state index in [2.05, 4.69) is 10.3 Å².